The van der Waals surface area contributed by atoms with Gasteiger partial charge in [0.15, 0.2) is 0 Å². The van der Waals surface area contributed by atoms with Crippen molar-refractivity contribution in [1.29, 1.82) is 0 Å². The zero-order chi connectivity index (χ0) is 22.4. The van der Waals surface area contributed by atoms with Crippen LogP contribution in [0, 0.1) is 12.3 Å². The minimum absolute atomic E-state index is 0. The summed E-state index contributed by atoms with van der Waals surface area (Å²) in [6.07, 6.45) is 4.13. The Morgan fingerprint density at radius 1 is 1.22 bits per heavy atom. The molecule has 0 aliphatic heterocycles. The number of hydrogen-bond donors (Lipinski definition) is 1. The number of carbonyl (C=O) groups is 1. The van der Waals surface area contributed by atoms with Crippen molar-refractivity contribution >= 4 is 39.1 Å². The minimum atomic E-state index is -0.244. The average molecular weight is 539 g/mol. The van der Waals surface area contributed by atoms with Crippen molar-refractivity contribution < 1.29 is 60.7 Å². The van der Waals surface area contributed by atoms with Crippen molar-refractivity contribution in [1.82, 2.24) is 14.9 Å². The first-order chi connectivity index (χ1) is 14.8. The summed E-state index contributed by atoms with van der Waals surface area (Å²) in [7, 11) is 0. The van der Waals surface area contributed by atoms with Crippen LogP contribution in [0.15, 0.2) is 69.9 Å². The SMILES string of the molecule is CC(C)(C)c1c[c-]no1.O=C(Nc1cc[c-]cc1)c1cnn(-c2cccc(Cl)c2)c1Br.[K+]. The third kappa shape index (κ3) is 7.38. The first-order valence-electron chi connectivity index (χ1n) is 9.36. The quantitative estimate of drug-likeness (QED) is 0.321. The molecule has 0 aliphatic rings. The van der Waals surface area contributed by atoms with Crippen LogP contribution < -0.4 is 56.7 Å². The van der Waals surface area contributed by atoms with Gasteiger partial charge >= 0.3 is 51.4 Å². The van der Waals surface area contributed by atoms with E-state index in [1.807, 2.05) is 12.1 Å². The summed E-state index contributed by atoms with van der Waals surface area (Å²) in [5.74, 6) is 0.633. The van der Waals surface area contributed by atoms with Crippen LogP contribution in [0.2, 0.25) is 5.02 Å². The molecule has 0 spiro atoms. The molecule has 1 N–H and O–H groups in total. The van der Waals surface area contributed by atoms with Gasteiger partial charge in [-0.1, -0.05) is 44.1 Å². The van der Waals surface area contributed by atoms with E-state index in [2.05, 4.69) is 64.5 Å². The number of anilines is 1. The second-order valence-corrected chi connectivity index (χ2v) is 8.74. The maximum Gasteiger partial charge on any atom is 1.00 e. The molecule has 0 unspecified atom stereocenters. The molecule has 0 saturated carbocycles. The number of amides is 1. The Labute approximate surface area is 243 Å². The van der Waals surface area contributed by atoms with Crippen molar-refractivity contribution in [3.8, 4) is 5.69 Å². The van der Waals surface area contributed by atoms with Gasteiger partial charge in [0, 0.05) is 5.02 Å². The molecule has 4 aromatic rings. The third-order valence-corrected chi connectivity index (χ3v) is 5.11. The second kappa shape index (κ2) is 12.3. The van der Waals surface area contributed by atoms with Crippen LogP contribution in [0.5, 0.6) is 0 Å². The molecule has 0 bridgehead atoms. The summed E-state index contributed by atoms with van der Waals surface area (Å²) in [5, 5.41) is 11.1. The number of nitrogens with one attached hydrogen (secondary N) is 1. The number of aromatic nitrogens is 3. The standard InChI is InChI=1S/C16H10BrClN3O.C7H10NO.K/c17-15-14(16(22)20-12-6-2-1-3-7-12)10-19-21(15)13-8-4-5-11(18)9-13;1-7(2,3)6-4-5-8-9-6;/h2-10H,(H,20,22);4H,1-3H3;/q2*-1;+1. The molecule has 0 fully saturated rings. The minimum Gasteiger partial charge on any atom is -0.470 e. The summed E-state index contributed by atoms with van der Waals surface area (Å²) in [5.41, 5.74) is 1.97. The van der Waals surface area contributed by atoms with E-state index in [0.29, 0.717) is 20.9 Å². The molecule has 4 rings (SSSR count). The van der Waals surface area contributed by atoms with Crippen LogP contribution in [-0.4, -0.2) is 20.8 Å². The Hall–Kier alpha value is -1.26. The predicted octanol–water partition coefficient (Wildman–Crippen LogP) is 3.12. The number of benzene rings is 2. The van der Waals surface area contributed by atoms with E-state index in [-0.39, 0.29) is 62.7 Å². The van der Waals surface area contributed by atoms with Gasteiger partial charge in [-0.2, -0.15) is 29.4 Å². The zero-order valence-electron chi connectivity index (χ0n) is 18.2. The monoisotopic (exact) mass is 537 g/mol. The van der Waals surface area contributed by atoms with Crippen molar-refractivity contribution in [2.45, 2.75) is 26.2 Å². The van der Waals surface area contributed by atoms with Crippen LogP contribution in [-0.2, 0) is 5.41 Å². The topological polar surface area (TPSA) is 73.0 Å². The Balaban J connectivity index is 0.000000307. The van der Waals surface area contributed by atoms with Crippen molar-refractivity contribution in [3.05, 3.63) is 94.0 Å². The van der Waals surface area contributed by atoms with Gasteiger partial charge in [-0.3, -0.25) is 4.79 Å². The van der Waals surface area contributed by atoms with Crippen molar-refractivity contribution in [2.75, 3.05) is 5.32 Å². The Morgan fingerprint density at radius 3 is 2.50 bits per heavy atom. The Morgan fingerprint density at radius 2 is 1.94 bits per heavy atom. The Bertz CT molecular complexity index is 1140. The molecule has 0 aliphatic carbocycles. The van der Waals surface area contributed by atoms with Gasteiger partial charge in [0.05, 0.1) is 17.4 Å². The van der Waals surface area contributed by atoms with Gasteiger partial charge in [-0.15, -0.1) is 18.3 Å². The second-order valence-electron chi connectivity index (χ2n) is 7.55. The number of nitrogens with zero attached hydrogens (tertiary/aromatic N) is 3. The summed E-state index contributed by atoms with van der Waals surface area (Å²) < 4.78 is 7.07. The maximum absolute atomic E-state index is 12.3. The molecule has 0 saturated heterocycles. The summed E-state index contributed by atoms with van der Waals surface area (Å²) in [6, 6.07) is 18.9. The fourth-order valence-electron chi connectivity index (χ4n) is 2.48. The molecular weight excluding hydrogens is 519 g/mol. The van der Waals surface area contributed by atoms with Gasteiger partial charge in [-0.05, 0) is 45.3 Å². The Kier molecular flexibility index (Phi) is 10.3. The summed E-state index contributed by atoms with van der Waals surface area (Å²) in [4.78, 5) is 12.3. The van der Waals surface area contributed by atoms with E-state index in [1.165, 1.54) is 6.20 Å². The predicted molar refractivity (Wildman–Crippen MR) is 124 cm³/mol. The molecule has 2 aromatic heterocycles. The van der Waals surface area contributed by atoms with Crippen LogP contribution in [0.4, 0.5) is 5.69 Å². The first-order valence-corrected chi connectivity index (χ1v) is 10.5. The molecular formula is C23H20BrClKN4O2-. The van der Waals surface area contributed by atoms with Crippen molar-refractivity contribution in [3.63, 3.8) is 0 Å². The van der Waals surface area contributed by atoms with Crippen LogP contribution in [0.3, 0.4) is 0 Å². The zero-order valence-corrected chi connectivity index (χ0v) is 23.7. The largest absolute Gasteiger partial charge is 1.00 e. The fraction of sp³-hybridized carbons (Fsp3) is 0.174. The van der Waals surface area contributed by atoms with Gasteiger partial charge < -0.3 is 9.84 Å². The van der Waals surface area contributed by atoms with E-state index in [1.54, 1.807) is 47.1 Å². The number of halogens is 2. The molecule has 160 valence electrons. The molecule has 2 heterocycles. The van der Waals surface area contributed by atoms with Gasteiger partial charge in [0.25, 0.3) is 5.91 Å². The number of rotatable bonds is 3. The molecule has 6 nitrogen and oxygen atoms in total. The average Bonchev–Trinajstić information content (AvgIpc) is 3.39. The van der Waals surface area contributed by atoms with E-state index >= 15 is 0 Å². The number of hydrogen-bond acceptors (Lipinski definition) is 4. The van der Waals surface area contributed by atoms with Crippen LogP contribution >= 0.6 is 27.5 Å². The molecule has 1 amide bonds. The maximum atomic E-state index is 12.3. The smallest absolute Gasteiger partial charge is 0.470 e. The molecule has 0 atom stereocenters. The first kappa shape index (κ1) is 27.0. The molecule has 32 heavy (non-hydrogen) atoms. The molecule has 2 aromatic carbocycles. The summed E-state index contributed by atoms with van der Waals surface area (Å²) in [6.45, 7) is 6.21. The van der Waals surface area contributed by atoms with E-state index in [4.69, 9.17) is 16.1 Å². The van der Waals surface area contributed by atoms with Crippen LogP contribution in [0.25, 0.3) is 5.69 Å². The molecule has 0 radical (unpaired) electrons. The van der Waals surface area contributed by atoms with Gasteiger partial charge in [0.1, 0.15) is 4.60 Å². The van der Waals surface area contributed by atoms with Crippen molar-refractivity contribution in [2.24, 2.45) is 0 Å². The van der Waals surface area contributed by atoms with E-state index in [0.717, 1.165) is 11.4 Å². The van der Waals surface area contributed by atoms with E-state index in [9.17, 15) is 4.79 Å². The normalized spacial score (nSPS) is 10.5. The number of carbonyl (C=O) groups excluding carboxylic acids is 1. The third-order valence-electron chi connectivity index (χ3n) is 4.12. The molecule has 9 heteroatoms. The summed E-state index contributed by atoms with van der Waals surface area (Å²) >= 11 is 9.40. The fourth-order valence-corrected chi connectivity index (χ4v) is 3.25. The van der Waals surface area contributed by atoms with Crippen LogP contribution in [0.1, 0.15) is 36.9 Å². The van der Waals surface area contributed by atoms with Gasteiger partial charge in [-0.25, -0.2) is 9.84 Å². The van der Waals surface area contributed by atoms with E-state index < -0.39 is 0 Å². The van der Waals surface area contributed by atoms with Gasteiger partial charge in [0.2, 0.25) is 0 Å².